The highest BCUT2D eigenvalue weighted by Crippen LogP contribution is 2.53. The van der Waals surface area contributed by atoms with Gasteiger partial charge in [-0.3, -0.25) is 29.1 Å². The number of likely N-dealkylation sites (tertiary alicyclic amines) is 1. The van der Waals surface area contributed by atoms with Gasteiger partial charge in [0.15, 0.2) is 0 Å². The molecule has 356 valence electrons. The van der Waals surface area contributed by atoms with Gasteiger partial charge in [0.25, 0.3) is 5.91 Å². The normalized spacial score (nSPS) is 20.4. The van der Waals surface area contributed by atoms with Crippen molar-refractivity contribution in [1.82, 2.24) is 30.0 Å². The first-order valence-electron chi connectivity index (χ1n) is 22.7. The molecule has 4 heterocycles. The Kier molecular flexibility index (Phi) is 14.4. The molecule has 2 aliphatic heterocycles. The molecule has 2 aromatic carbocycles. The van der Waals surface area contributed by atoms with Crippen molar-refractivity contribution in [2.45, 2.75) is 110 Å². The number of nitriles is 1. The predicted octanol–water partition coefficient (Wildman–Crippen LogP) is 6.82. The van der Waals surface area contributed by atoms with Crippen molar-refractivity contribution in [2.75, 3.05) is 34.8 Å². The van der Waals surface area contributed by atoms with E-state index in [0.29, 0.717) is 47.0 Å². The monoisotopic (exact) mass is 925 g/mol. The van der Waals surface area contributed by atoms with E-state index in [0.717, 1.165) is 32.0 Å². The number of nitrogens with two attached hydrogens (primary N) is 1. The molecule has 1 saturated heterocycles. The Labute approximate surface area is 388 Å². The summed E-state index contributed by atoms with van der Waals surface area (Å²) in [5.74, 6) is -0.332. The van der Waals surface area contributed by atoms with E-state index in [9.17, 15) is 37.6 Å². The van der Waals surface area contributed by atoms with Crippen LogP contribution >= 0.6 is 0 Å². The maximum atomic E-state index is 14.9. The third-order valence-electron chi connectivity index (χ3n) is 13.0. The number of nitrogens with zero attached hydrogens (tertiary/aromatic N) is 8. The molecule has 0 spiro atoms. The van der Waals surface area contributed by atoms with Crippen molar-refractivity contribution in [2.24, 2.45) is 30.5 Å². The van der Waals surface area contributed by atoms with Gasteiger partial charge in [-0.15, -0.1) is 10.2 Å². The van der Waals surface area contributed by atoms with Crippen LogP contribution in [0.3, 0.4) is 0 Å². The Morgan fingerprint density at radius 1 is 1.04 bits per heavy atom. The van der Waals surface area contributed by atoms with Crippen molar-refractivity contribution in [3.05, 3.63) is 94.1 Å². The second kappa shape index (κ2) is 19.8. The number of piperidine rings is 1. The molecule has 3 atom stereocenters. The number of nitrogens with one attached hydrogen (secondary N) is 2. The van der Waals surface area contributed by atoms with Crippen LogP contribution in [0.25, 0.3) is 0 Å². The van der Waals surface area contributed by atoms with Crippen molar-refractivity contribution >= 4 is 41.1 Å². The van der Waals surface area contributed by atoms with Crippen molar-refractivity contribution < 1.29 is 37.1 Å². The maximum absolute atomic E-state index is 14.9. The number of fused-ring (bicyclic) bond motifs is 1. The third-order valence-corrected chi connectivity index (χ3v) is 13.0. The van der Waals surface area contributed by atoms with Crippen LogP contribution in [-0.4, -0.2) is 80.2 Å². The van der Waals surface area contributed by atoms with E-state index in [1.165, 1.54) is 9.80 Å². The van der Waals surface area contributed by atoms with Crippen LogP contribution in [0.1, 0.15) is 111 Å². The Bertz CT molecular complexity index is 2530. The topological polar surface area (TPSA) is 205 Å². The number of anilines is 3. The Hall–Kier alpha value is -6.39. The molecule has 67 heavy (non-hydrogen) atoms. The van der Waals surface area contributed by atoms with Crippen LogP contribution in [0, 0.1) is 29.1 Å². The molecule has 3 aliphatic rings. The summed E-state index contributed by atoms with van der Waals surface area (Å²) in [5.41, 5.74) is 6.07. The smallest absolute Gasteiger partial charge is 0.416 e. The number of carbonyl (C=O) groups excluding carboxylic acids is 4. The molecule has 1 saturated carbocycles. The minimum Gasteiger partial charge on any atom is -0.444 e. The average Bonchev–Trinajstić information content (AvgIpc) is 3.85. The summed E-state index contributed by atoms with van der Waals surface area (Å²) < 4.78 is 52.2. The average molecular weight is 926 g/mol. The maximum Gasteiger partial charge on any atom is 0.416 e. The lowest BCUT2D eigenvalue weighted by Crippen LogP contribution is -2.50. The summed E-state index contributed by atoms with van der Waals surface area (Å²) >= 11 is 0. The number of hydrogen-bond acceptors (Lipinski definition) is 11. The van der Waals surface area contributed by atoms with Gasteiger partial charge in [0, 0.05) is 37.9 Å². The lowest BCUT2D eigenvalue weighted by atomic mass is 9.58. The van der Waals surface area contributed by atoms with E-state index >= 15 is 0 Å². The number of carbonyl (C=O) groups is 4. The van der Waals surface area contributed by atoms with Gasteiger partial charge in [-0.1, -0.05) is 39.8 Å². The number of aryl methyl sites for hydroxylation is 1. The summed E-state index contributed by atoms with van der Waals surface area (Å²) in [7, 11) is 1.81. The lowest BCUT2D eigenvalue weighted by Gasteiger charge is -2.46. The molecule has 0 radical (unpaired) electrons. The molecule has 4 aromatic rings. The molecule has 0 unspecified atom stereocenters. The zero-order valence-electron chi connectivity index (χ0n) is 38.7. The van der Waals surface area contributed by atoms with Gasteiger partial charge in [-0.25, -0.2) is 9.78 Å². The number of halogens is 3. The second-order valence-corrected chi connectivity index (χ2v) is 18.8. The van der Waals surface area contributed by atoms with E-state index in [1.807, 2.05) is 7.05 Å². The fourth-order valence-corrected chi connectivity index (χ4v) is 9.43. The lowest BCUT2D eigenvalue weighted by molar-refractivity contribution is -0.138. The van der Waals surface area contributed by atoms with E-state index in [-0.39, 0.29) is 60.7 Å². The highest BCUT2D eigenvalue weighted by molar-refractivity contribution is 6.10. The van der Waals surface area contributed by atoms with Crippen LogP contribution in [-0.2, 0) is 52.7 Å². The molecule has 1 aliphatic carbocycles. The third kappa shape index (κ3) is 10.6. The Morgan fingerprint density at radius 3 is 2.40 bits per heavy atom. The summed E-state index contributed by atoms with van der Waals surface area (Å²) in [6, 6.07) is 13.0. The van der Waals surface area contributed by atoms with E-state index in [2.05, 4.69) is 45.6 Å². The quantitative estimate of drug-likeness (QED) is 0.113. The molecule has 16 nitrogen and oxygen atoms in total. The highest BCUT2D eigenvalue weighted by atomic mass is 19.4. The molecule has 19 heteroatoms. The van der Waals surface area contributed by atoms with Crippen LogP contribution < -0.4 is 26.2 Å². The summed E-state index contributed by atoms with van der Waals surface area (Å²) in [4.78, 5) is 63.1. The summed E-state index contributed by atoms with van der Waals surface area (Å²) in [6.07, 6.45) is -0.932. The number of rotatable bonds is 15. The van der Waals surface area contributed by atoms with Gasteiger partial charge >= 0.3 is 12.3 Å². The minimum absolute atomic E-state index is 0.0263. The van der Waals surface area contributed by atoms with Crippen LogP contribution in [0.5, 0.6) is 0 Å². The standard InChI is InChI=1S/C48H58F3N11O5/c1-28(2)41(53)43(64)55-31(5)42(63)56-35-12-10-32(11-13-35)26-67-46(66)61(16-8-14-52)39-19-34(47(21-30(4)22-47)45-58-54-27-59(45)6)20-40(57-39)62-25-37-36(44(62)65)17-33(18-38(37)48(49,50)51)24-60-15-7-9-29(3)23-60/h10-13,17-20,27-31,41H,7-9,15-16,21-26,53H2,1-6H3,(H,55,64)(H,56,63)/t29-,30-,31-,41-,47+/m0/s1. The van der Waals surface area contributed by atoms with E-state index in [4.69, 9.17) is 15.5 Å². The fraction of sp³-hybridized carbons (Fsp3) is 0.500. The number of pyridine rings is 1. The van der Waals surface area contributed by atoms with Gasteiger partial charge in [0.1, 0.15) is 36.4 Å². The van der Waals surface area contributed by atoms with Crippen molar-refractivity contribution in [3.8, 4) is 6.07 Å². The molecular formula is C48H58F3N11O5. The van der Waals surface area contributed by atoms with Crippen molar-refractivity contribution in [3.63, 3.8) is 0 Å². The van der Waals surface area contributed by atoms with Crippen LogP contribution in [0.2, 0.25) is 0 Å². The fourth-order valence-electron chi connectivity index (χ4n) is 9.43. The zero-order chi connectivity index (χ0) is 48.4. The van der Waals surface area contributed by atoms with Crippen LogP contribution in [0.4, 0.5) is 35.3 Å². The predicted molar refractivity (Wildman–Crippen MR) is 243 cm³/mol. The van der Waals surface area contributed by atoms with Crippen LogP contribution in [0.15, 0.2) is 54.9 Å². The summed E-state index contributed by atoms with van der Waals surface area (Å²) in [6.45, 7) is 10.3. The zero-order valence-corrected chi connectivity index (χ0v) is 38.7. The first kappa shape index (κ1) is 48.5. The van der Waals surface area contributed by atoms with E-state index in [1.54, 1.807) is 74.1 Å². The number of ether oxygens (including phenoxy) is 1. The minimum atomic E-state index is -4.74. The van der Waals surface area contributed by atoms with Gasteiger partial charge in [0.2, 0.25) is 11.8 Å². The largest absolute Gasteiger partial charge is 0.444 e. The molecule has 2 fully saturated rings. The Balaban J connectivity index is 1.18. The van der Waals surface area contributed by atoms with E-state index < -0.39 is 59.6 Å². The van der Waals surface area contributed by atoms with Gasteiger partial charge in [0.05, 0.1) is 36.1 Å². The number of benzene rings is 2. The summed E-state index contributed by atoms with van der Waals surface area (Å²) in [5, 5.41) is 23.6. The molecular weight excluding hydrogens is 868 g/mol. The number of aromatic nitrogens is 4. The highest BCUT2D eigenvalue weighted by Gasteiger charge is 2.49. The number of alkyl halides is 3. The molecule has 7 rings (SSSR count). The number of hydrogen-bond donors (Lipinski definition) is 3. The van der Waals surface area contributed by atoms with Crippen molar-refractivity contribution in [1.29, 1.82) is 5.26 Å². The SMILES string of the molecule is CC(C)[C@H](N)C(=O)N[C@@H](C)C(=O)Nc1ccc(COC(=O)N(CCC#N)c2cc([C@]3(c4nncn4C)C[C@@H](C)C3)cc(N3Cc4c(cc(CN5CCC[C@H](C)C5)cc4C(F)(F)F)C3=O)n2)cc1. The molecule has 2 aromatic heterocycles. The van der Waals surface area contributed by atoms with Gasteiger partial charge in [-0.2, -0.15) is 18.4 Å². The first-order valence-corrected chi connectivity index (χ1v) is 22.7. The molecule has 4 N–H and O–H groups in total. The second-order valence-electron chi connectivity index (χ2n) is 18.8. The van der Waals surface area contributed by atoms with Gasteiger partial charge in [-0.05, 0) is 116 Å². The first-order chi connectivity index (χ1) is 31.8. The number of amides is 4. The van der Waals surface area contributed by atoms with Gasteiger partial charge < -0.3 is 25.7 Å². The molecule has 0 bridgehead atoms. The Morgan fingerprint density at radius 2 is 1.78 bits per heavy atom. The molecule has 4 amide bonds.